The lowest BCUT2D eigenvalue weighted by atomic mass is 9.98. The van der Waals surface area contributed by atoms with Crippen molar-refractivity contribution >= 4 is 11.6 Å². The first kappa shape index (κ1) is 11.3. The molecule has 0 fully saturated rings. The summed E-state index contributed by atoms with van der Waals surface area (Å²) < 4.78 is 25.6. The van der Waals surface area contributed by atoms with Gasteiger partial charge in [-0.25, -0.2) is 9.97 Å². The maximum atomic E-state index is 12.8. The first-order chi connectivity index (χ1) is 6.23. The molecule has 0 aliphatic carbocycles. The first-order valence-electron chi connectivity index (χ1n) is 3.83. The van der Waals surface area contributed by atoms with E-state index in [-0.39, 0.29) is 5.56 Å². The summed E-state index contributed by atoms with van der Waals surface area (Å²) in [6.45, 7) is 2.72. The normalized spacial score (nSPS) is 13.0. The highest BCUT2D eigenvalue weighted by Crippen LogP contribution is 2.36. The van der Waals surface area contributed by atoms with E-state index in [9.17, 15) is 13.9 Å². The third-order valence-electron chi connectivity index (χ3n) is 1.64. The molecular formula is C8H9ClF2N2O. The van der Waals surface area contributed by atoms with Crippen LogP contribution in [0.3, 0.4) is 0 Å². The minimum atomic E-state index is -3.60. The van der Waals surface area contributed by atoms with E-state index in [2.05, 4.69) is 9.97 Å². The standard InChI is InChI=1S/C8H9ClF2N2O/c1-7(2,14)5-3-12-4-13-6(5)8(9,10)11/h3-4,14H,1-2H3. The summed E-state index contributed by atoms with van der Waals surface area (Å²) in [7, 11) is 0. The van der Waals surface area contributed by atoms with Crippen molar-refractivity contribution in [3.63, 3.8) is 0 Å². The second-order valence-corrected chi connectivity index (χ2v) is 3.82. The molecule has 3 nitrogen and oxygen atoms in total. The van der Waals surface area contributed by atoms with Crippen LogP contribution in [0.15, 0.2) is 12.5 Å². The van der Waals surface area contributed by atoms with Crippen LogP contribution in [-0.2, 0) is 11.0 Å². The Hall–Kier alpha value is -0.810. The molecule has 1 N–H and O–H groups in total. The Balaban J connectivity index is 3.31. The fourth-order valence-electron chi connectivity index (χ4n) is 1.00. The van der Waals surface area contributed by atoms with Gasteiger partial charge in [0.05, 0.1) is 5.60 Å². The van der Waals surface area contributed by atoms with Crippen LogP contribution in [0, 0.1) is 0 Å². The van der Waals surface area contributed by atoms with Crippen molar-refractivity contribution < 1.29 is 13.9 Å². The number of hydrogen-bond donors (Lipinski definition) is 1. The van der Waals surface area contributed by atoms with Crippen molar-refractivity contribution in [2.45, 2.75) is 24.8 Å². The number of alkyl halides is 3. The van der Waals surface area contributed by atoms with E-state index in [4.69, 9.17) is 11.6 Å². The molecule has 1 aromatic heterocycles. The summed E-state index contributed by atoms with van der Waals surface area (Å²) in [6, 6.07) is 0. The average molecular weight is 223 g/mol. The Morgan fingerprint density at radius 2 is 2.00 bits per heavy atom. The molecule has 0 unspecified atom stereocenters. The minimum Gasteiger partial charge on any atom is -0.386 e. The maximum absolute atomic E-state index is 12.8. The fraction of sp³-hybridized carbons (Fsp3) is 0.500. The van der Waals surface area contributed by atoms with Crippen LogP contribution in [0.4, 0.5) is 8.78 Å². The van der Waals surface area contributed by atoms with Crippen LogP contribution in [0.25, 0.3) is 0 Å². The second kappa shape index (κ2) is 3.40. The van der Waals surface area contributed by atoms with Crippen LogP contribution in [0.5, 0.6) is 0 Å². The molecule has 1 rings (SSSR count). The van der Waals surface area contributed by atoms with Crippen LogP contribution in [0.1, 0.15) is 25.1 Å². The summed E-state index contributed by atoms with van der Waals surface area (Å²) in [6.07, 6.45) is 2.08. The van der Waals surface area contributed by atoms with Crippen molar-refractivity contribution in [1.82, 2.24) is 9.97 Å². The van der Waals surface area contributed by atoms with Crippen LogP contribution in [-0.4, -0.2) is 15.1 Å². The molecule has 0 aliphatic rings. The van der Waals surface area contributed by atoms with Crippen molar-refractivity contribution in [2.24, 2.45) is 0 Å². The Morgan fingerprint density at radius 1 is 1.43 bits per heavy atom. The molecule has 78 valence electrons. The zero-order chi connectivity index (χ0) is 11.0. The number of aliphatic hydroxyl groups is 1. The third kappa shape index (κ3) is 2.36. The zero-order valence-electron chi connectivity index (χ0n) is 7.63. The molecule has 0 radical (unpaired) electrons. The van der Waals surface area contributed by atoms with Gasteiger partial charge in [-0.1, -0.05) is 0 Å². The summed E-state index contributed by atoms with van der Waals surface area (Å²) in [4.78, 5) is 6.93. The maximum Gasteiger partial charge on any atom is 0.365 e. The molecule has 0 aliphatic heterocycles. The van der Waals surface area contributed by atoms with Crippen LogP contribution >= 0.6 is 11.6 Å². The lowest BCUT2D eigenvalue weighted by Gasteiger charge is -2.21. The highest BCUT2D eigenvalue weighted by atomic mass is 35.5. The molecule has 0 saturated heterocycles. The second-order valence-electron chi connectivity index (χ2n) is 3.34. The lowest BCUT2D eigenvalue weighted by Crippen LogP contribution is -2.23. The molecule has 0 atom stereocenters. The molecule has 0 aromatic carbocycles. The molecule has 1 heterocycles. The van der Waals surface area contributed by atoms with E-state index < -0.39 is 16.7 Å². The van der Waals surface area contributed by atoms with Crippen molar-refractivity contribution in [3.8, 4) is 0 Å². The van der Waals surface area contributed by atoms with Gasteiger partial charge in [0.25, 0.3) is 0 Å². The average Bonchev–Trinajstić information content (AvgIpc) is 2.01. The molecule has 0 saturated carbocycles. The van der Waals surface area contributed by atoms with Gasteiger partial charge < -0.3 is 5.11 Å². The topological polar surface area (TPSA) is 46.0 Å². The monoisotopic (exact) mass is 222 g/mol. The zero-order valence-corrected chi connectivity index (χ0v) is 8.39. The number of aromatic nitrogens is 2. The highest BCUT2D eigenvalue weighted by molar-refractivity contribution is 6.21. The van der Waals surface area contributed by atoms with E-state index in [0.29, 0.717) is 0 Å². The molecule has 0 spiro atoms. The summed E-state index contributed by atoms with van der Waals surface area (Å²) in [5, 5.41) is 5.96. The molecule has 14 heavy (non-hydrogen) atoms. The van der Waals surface area contributed by atoms with Gasteiger partial charge in [-0.2, -0.15) is 8.78 Å². The Bertz CT molecular complexity index is 300. The smallest absolute Gasteiger partial charge is 0.365 e. The Morgan fingerprint density at radius 3 is 2.36 bits per heavy atom. The summed E-state index contributed by atoms with van der Waals surface area (Å²) in [5.74, 6) is 0. The van der Waals surface area contributed by atoms with Crippen molar-refractivity contribution in [3.05, 3.63) is 23.8 Å². The highest BCUT2D eigenvalue weighted by Gasteiger charge is 2.36. The van der Waals surface area contributed by atoms with E-state index in [1.807, 2.05) is 0 Å². The van der Waals surface area contributed by atoms with E-state index in [0.717, 1.165) is 12.5 Å². The van der Waals surface area contributed by atoms with Gasteiger partial charge in [0.2, 0.25) is 0 Å². The number of hydrogen-bond acceptors (Lipinski definition) is 3. The SMILES string of the molecule is CC(C)(O)c1cncnc1C(F)(F)Cl. The Kier molecular flexibility index (Phi) is 2.74. The fourth-order valence-corrected chi connectivity index (χ4v) is 1.15. The van der Waals surface area contributed by atoms with E-state index >= 15 is 0 Å². The van der Waals surface area contributed by atoms with Gasteiger partial charge in [0.15, 0.2) is 0 Å². The van der Waals surface area contributed by atoms with E-state index in [1.165, 1.54) is 13.8 Å². The van der Waals surface area contributed by atoms with Crippen molar-refractivity contribution in [2.75, 3.05) is 0 Å². The predicted molar refractivity (Wildman–Crippen MR) is 47.0 cm³/mol. The quantitative estimate of drug-likeness (QED) is 0.779. The number of nitrogens with zero attached hydrogens (tertiary/aromatic N) is 2. The summed E-state index contributed by atoms with van der Waals surface area (Å²) in [5.41, 5.74) is -2.20. The van der Waals surface area contributed by atoms with Crippen LogP contribution < -0.4 is 0 Å². The van der Waals surface area contributed by atoms with Gasteiger partial charge >= 0.3 is 5.38 Å². The van der Waals surface area contributed by atoms with Crippen molar-refractivity contribution in [1.29, 1.82) is 0 Å². The molecule has 0 amide bonds. The Labute approximate surface area is 84.8 Å². The minimum absolute atomic E-state index is 0.0833. The van der Waals surface area contributed by atoms with E-state index in [1.54, 1.807) is 0 Å². The summed E-state index contributed by atoms with van der Waals surface area (Å²) >= 11 is 4.84. The largest absolute Gasteiger partial charge is 0.386 e. The predicted octanol–water partition coefficient (Wildman–Crippen LogP) is 1.99. The van der Waals surface area contributed by atoms with Gasteiger partial charge in [-0.05, 0) is 25.4 Å². The number of rotatable bonds is 2. The van der Waals surface area contributed by atoms with Crippen LogP contribution in [0.2, 0.25) is 0 Å². The van der Waals surface area contributed by atoms with Gasteiger partial charge in [-0.15, -0.1) is 0 Å². The lowest BCUT2D eigenvalue weighted by molar-refractivity contribution is 0.0549. The molecule has 0 bridgehead atoms. The molecule has 6 heteroatoms. The third-order valence-corrected chi connectivity index (χ3v) is 1.82. The van der Waals surface area contributed by atoms with Gasteiger partial charge in [0, 0.05) is 11.8 Å². The molecule has 1 aromatic rings. The van der Waals surface area contributed by atoms with Gasteiger partial charge in [0.1, 0.15) is 12.0 Å². The first-order valence-corrected chi connectivity index (χ1v) is 4.21. The van der Waals surface area contributed by atoms with Gasteiger partial charge in [-0.3, -0.25) is 0 Å². The molecular weight excluding hydrogens is 214 g/mol. The number of halogens is 3.